The molecule has 112 valence electrons. The molecule has 2 aromatic rings. The van der Waals surface area contributed by atoms with Gasteiger partial charge in [-0.2, -0.15) is 4.99 Å². The van der Waals surface area contributed by atoms with Crippen molar-refractivity contribution in [1.82, 2.24) is 4.57 Å². The van der Waals surface area contributed by atoms with Crippen LogP contribution in [0.25, 0.3) is 0 Å². The van der Waals surface area contributed by atoms with E-state index in [9.17, 15) is 9.18 Å². The maximum atomic E-state index is 13.7. The minimum atomic E-state index is -0.259. The van der Waals surface area contributed by atoms with Crippen molar-refractivity contribution in [3.63, 3.8) is 0 Å². The van der Waals surface area contributed by atoms with E-state index < -0.39 is 0 Å². The van der Waals surface area contributed by atoms with Crippen molar-refractivity contribution >= 4 is 17.2 Å². The maximum absolute atomic E-state index is 13.7. The monoisotopic (exact) mass is 307 g/mol. The van der Waals surface area contributed by atoms with Gasteiger partial charge in [0, 0.05) is 29.6 Å². The van der Waals surface area contributed by atoms with E-state index in [1.165, 1.54) is 17.4 Å². The van der Waals surface area contributed by atoms with E-state index in [1.807, 2.05) is 12.3 Å². The van der Waals surface area contributed by atoms with Crippen molar-refractivity contribution in [3.05, 3.63) is 52.0 Å². The Hall–Kier alpha value is -1.79. The smallest absolute Gasteiger partial charge is 0.248 e. The fourth-order valence-corrected chi connectivity index (χ4v) is 2.58. The average molecular weight is 307 g/mol. The number of rotatable bonds is 5. The Bertz CT molecular complexity index is 675. The van der Waals surface area contributed by atoms with E-state index in [0.717, 1.165) is 0 Å². The first-order valence-corrected chi connectivity index (χ1v) is 7.64. The van der Waals surface area contributed by atoms with Gasteiger partial charge in [-0.25, -0.2) is 4.39 Å². The normalized spacial score (nSPS) is 13.4. The number of carbonyl (C=O) groups is 1. The average Bonchev–Trinajstić information content (AvgIpc) is 2.86. The van der Waals surface area contributed by atoms with E-state index in [4.69, 9.17) is 5.73 Å². The predicted octanol–water partition coefficient (Wildman–Crippen LogP) is 2.29. The van der Waals surface area contributed by atoms with Gasteiger partial charge in [-0.3, -0.25) is 4.79 Å². The van der Waals surface area contributed by atoms with Crippen molar-refractivity contribution in [2.24, 2.45) is 10.7 Å². The van der Waals surface area contributed by atoms with Gasteiger partial charge < -0.3 is 10.3 Å². The highest BCUT2D eigenvalue weighted by Gasteiger charge is 2.06. The third-order valence-electron chi connectivity index (χ3n) is 2.99. The molecule has 0 saturated heterocycles. The lowest BCUT2D eigenvalue weighted by Crippen LogP contribution is -2.19. The molecular weight excluding hydrogens is 289 g/mol. The molecule has 0 spiro atoms. The molecule has 2 rings (SSSR count). The quantitative estimate of drug-likeness (QED) is 0.921. The van der Waals surface area contributed by atoms with Gasteiger partial charge >= 0.3 is 0 Å². The summed E-state index contributed by atoms with van der Waals surface area (Å²) in [5.74, 6) is -0.456. The van der Waals surface area contributed by atoms with Crippen LogP contribution in [0.5, 0.6) is 0 Å². The van der Waals surface area contributed by atoms with E-state index in [-0.39, 0.29) is 17.8 Å². The Morgan fingerprint density at radius 3 is 2.95 bits per heavy atom. The molecule has 1 heterocycles. The summed E-state index contributed by atoms with van der Waals surface area (Å²) in [7, 11) is 0. The Labute approximate surface area is 126 Å². The van der Waals surface area contributed by atoms with Gasteiger partial charge in [0.1, 0.15) is 5.82 Å². The van der Waals surface area contributed by atoms with Crippen LogP contribution >= 0.6 is 11.3 Å². The molecule has 6 heteroatoms. The maximum Gasteiger partial charge on any atom is 0.248 e. The summed E-state index contributed by atoms with van der Waals surface area (Å²) >= 11 is 1.36. The number of hydrogen-bond donors (Lipinski definition) is 1. The molecule has 0 aliphatic carbocycles. The fourth-order valence-electron chi connectivity index (χ4n) is 1.83. The van der Waals surface area contributed by atoms with Crippen molar-refractivity contribution in [1.29, 1.82) is 0 Å². The molecule has 0 radical (unpaired) electrons. The molecule has 0 bridgehead atoms. The van der Waals surface area contributed by atoms with Gasteiger partial charge in [0.15, 0.2) is 4.80 Å². The standard InChI is InChI=1S/C15H18FN3OS/c1-11(17)6-7-14(20)18-15-19(8-9-21-15)10-12-4-2-3-5-13(12)16/h2-5,8-9,11H,6-7,10,17H2,1H3. The van der Waals surface area contributed by atoms with Crippen LogP contribution in [-0.4, -0.2) is 16.5 Å². The highest BCUT2D eigenvalue weighted by atomic mass is 32.1. The van der Waals surface area contributed by atoms with Gasteiger partial charge in [0.05, 0.1) is 6.54 Å². The second-order valence-electron chi connectivity index (χ2n) is 4.93. The zero-order chi connectivity index (χ0) is 15.2. The van der Waals surface area contributed by atoms with Crippen LogP contribution in [0, 0.1) is 5.82 Å². The molecule has 21 heavy (non-hydrogen) atoms. The van der Waals surface area contributed by atoms with E-state index in [2.05, 4.69) is 4.99 Å². The number of benzene rings is 1. The SMILES string of the molecule is CC(N)CCC(=O)N=c1sccn1Cc1ccccc1F. The lowest BCUT2D eigenvalue weighted by molar-refractivity contribution is -0.118. The van der Waals surface area contributed by atoms with Gasteiger partial charge in [-0.1, -0.05) is 18.2 Å². The van der Waals surface area contributed by atoms with Crippen LogP contribution < -0.4 is 10.5 Å². The molecular formula is C15H18FN3OS. The minimum Gasteiger partial charge on any atom is -0.328 e. The number of hydrogen-bond acceptors (Lipinski definition) is 3. The second-order valence-corrected chi connectivity index (χ2v) is 5.80. The van der Waals surface area contributed by atoms with Crippen molar-refractivity contribution < 1.29 is 9.18 Å². The zero-order valence-electron chi connectivity index (χ0n) is 11.8. The molecule has 0 saturated carbocycles. The molecule has 0 aliphatic rings. The molecule has 1 atom stereocenters. The topological polar surface area (TPSA) is 60.4 Å². The number of thiazole rings is 1. The third kappa shape index (κ3) is 4.61. The molecule has 1 unspecified atom stereocenters. The summed E-state index contributed by atoms with van der Waals surface area (Å²) in [5.41, 5.74) is 6.19. The van der Waals surface area contributed by atoms with Gasteiger partial charge in [0.2, 0.25) is 5.91 Å². The summed E-state index contributed by atoms with van der Waals surface area (Å²) in [6.07, 6.45) is 2.74. The zero-order valence-corrected chi connectivity index (χ0v) is 12.6. The molecule has 4 nitrogen and oxygen atoms in total. The number of carbonyl (C=O) groups excluding carboxylic acids is 1. The summed E-state index contributed by atoms with van der Waals surface area (Å²) in [6.45, 7) is 2.21. The summed E-state index contributed by atoms with van der Waals surface area (Å²) < 4.78 is 15.4. The van der Waals surface area contributed by atoms with Crippen molar-refractivity contribution in [2.45, 2.75) is 32.4 Å². The lowest BCUT2D eigenvalue weighted by atomic mass is 10.2. The number of nitrogens with zero attached hydrogens (tertiary/aromatic N) is 2. The number of halogens is 1. The van der Waals surface area contributed by atoms with Crippen LogP contribution in [0.2, 0.25) is 0 Å². The minimum absolute atomic E-state index is 0.0157. The summed E-state index contributed by atoms with van der Waals surface area (Å²) in [4.78, 5) is 16.4. The molecule has 1 aromatic carbocycles. The second kappa shape index (κ2) is 7.28. The Morgan fingerprint density at radius 2 is 2.24 bits per heavy atom. The lowest BCUT2D eigenvalue weighted by Gasteiger charge is -2.04. The highest BCUT2D eigenvalue weighted by molar-refractivity contribution is 7.07. The van der Waals surface area contributed by atoms with Crippen molar-refractivity contribution in [2.75, 3.05) is 0 Å². The number of amides is 1. The Kier molecular flexibility index (Phi) is 5.41. The van der Waals surface area contributed by atoms with Gasteiger partial charge in [-0.15, -0.1) is 11.3 Å². The molecule has 0 fully saturated rings. The third-order valence-corrected chi connectivity index (χ3v) is 3.79. The number of aromatic nitrogens is 1. The van der Waals surface area contributed by atoms with Crippen LogP contribution in [0.3, 0.4) is 0 Å². The first-order valence-electron chi connectivity index (χ1n) is 6.76. The Morgan fingerprint density at radius 1 is 1.48 bits per heavy atom. The van der Waals surface area contributed by atoms with Gasteiger partial charge in [-0.05, 0) is 19.4 Å². The van der Waals surface area contributed by atoms with Crippen LogP contribution in [0.4, 0.5) is 4.39 Å². The molecule has 0 aliphatic heterocycles. The first-order chi connectivity index (χ1) is 10.1. The van der Waals surface area contributed by atoms with E-state index >= 15 is 0 Å². The van der Waals surface area contributed by atoms with Gasteiger partial charge in [0.25, 0.3) is 0 Å². The predicted molar refractivity (Wildman–Crippen MR) is 81.3 cm³/mol. The molecule has 1 amide bonds. The largest absolute Gasteiger partial charge is 0.328 e. The molecule has 2 N–H and O–H groups in total. The highest BCUT2D eigenvalue weighted by Crippen LogP contribution is 2.08. The van der Waals surface area contributed by atoms with E-state index in [0.29, 0.717) is 29.8 Å². The fraction of sp³-hybridized carbons (Fsp3) is 0.333. The first kappa shape index (κ1) is 15.6. The molecule has 1 aromatic heterocycles. The van der Waals surface area contributed by atoms with Crippen LogP contribution in [0.1, 0.15) is 25.3 Å². The van der Waals surface area contributed by atoms with Crippen LogP contribution in [-0.2, 0) is 11.3 Å². The van der Waals surface area contributed by atoms with Crippen LogP contribution in [0.15, 0.2) is 40.8 Å². The summed E-state index contributed by atoms with van der Waals surface area (Å²) in [5, 5.41) is 1.83. The van der Waals surface area contributed by atoms with Crippen molar-refractivity contribution in [3.8, 4) is 0 Å². The van der Waals surface area contributed by atoms with E-state index in [1.54, 1.807) is 29.0 Å². The summed E-state index contributed by atoms with van der Waals surface area (Å²) in [6, 6.07) is 6.57. The Balaban J connectivity index is 2.15. The number of nitrogens with two attached hydrogens (primary N) is 1.